The average molecular weight is 383 g/mol. The lowest BCUT2D eigenvalue weighted by atomic mass is 10.2. The second-order valence-corrected chi connectivity index (χ2v) is 9.86. The lowest BCUT2D eigenvalue weighted by Gasteiger charge is -2.12. The highest BCUT2D eigenvalue weighted by Crippen LogP contribution is 2.29. The standard InChI is InChI=1S/C11H11BrO6S2/c12-7-1-2-9(11(13)14)10(5-7)20(17,18)8-3-4-19(15,16)6-8/h1-2,5,8H,3-4,6H2,(H,13,14). The topological polar surface area (TPSA) is 106 Å². The maximum Gasteiger partial charge on any atom is 0.337 e. The molecular weight excluding hydrogens is 372 g/mol. The molecule has 0 spiro atoms. The Morgan fingerprint density at radius 1 is 1.35 bits per heavy atom. The van der Waals surface area contributed by atoms with Crippen molar-refractivity contribution in [1.29, 1.82) is 0 Å². The number of carboxylic acids is 1. The van der Waals surface area contributed by atoms with Gasteiger partial charge >= 0.3 is 5.97 Å². The highest BCUT2D eigenvalue weighted by Gasteiger charge is 2.39. The summed E-state index contributed by atoms with van der Waals surface area (Å²) in [4.78, 5) is 10.8. The largest absolute Gasteiger partial charge is 0.478 e. The van der Waals surface area contributed by atoms with E-state index in [1.807, 2.05) is 0 Å². The predicted molar refractivity (Wildman–Crippen MR) is 75.3 cm³/mol. The van der Waals surface area contributed by atoms with Crippen LogP contribution in [0.5, 0.6) is 0 Å². The molecule has 1 fully saturated rings. The molecule has 1 heterocycles. The van der Waals surface area contributed by atoms with Gasteiger partial charge < -0.3 is 5.11 Å². The van der Waals surface area contributed by atoms with E-state index in [1.165, 1.54) is 18.2 Å². The van der Waals surface area contributed by atoms with Gasteiger partial charge in [0.2, 0.25) is 0 Å². The molecule has 2 rings (SSSR count). The molecule has 0 aromatic heterocycles. The zero-order chi connectivity index (χ0) is 15.1. The van der Waals surface area contributed by atoms with E-state index in [0.29, 0.717) is 4.47 Å². The number of hydrogen-bond donors (Lipinski definition) is 1. The zero-order valence-corrected chi connectivity index (χ0v) is 13.3. The number of carboxylic acid groups (broad SMARTS) is 1. The monoisotopic (exact) mass is 382 g/mol. The molecule has 0 aliphatic carbocycles. The number of halogens is 1. The first-order valence-electron chi connectivity index (χ1n) is 5.61. The number of benzene rings is 1. The summed E-state index contributed by atoms with van der Waals surface area (Å²) in [6, 6.07) is 3.81. The predicted octanol–water partition coefficient (Wildman–Crippen LogP) is 1.11. The van der Waals surface area contributed by atoms with Crippen molar-refractivity contribution in [2.75, 3.05) is 11.5 Å². The van der Waals surface area contributed by atoms with Crippen molar-refractivity contribution in [3.05, 3.63) is 28.2 Å². The lowest BCUT2D eigenvalue weighted by Crippen LogP contribution is -2.24. The Balaban J connectivity index is 2.55. The fourth-order valence-corrected chi connectivity index (χ4v) is 7.18. The van der Waals surface area contributed by atoms with Gasteiger partial charge in [0.05, 0.1) is 27.2 Å². The summed E-state index contributed by atoms with van der Waals surface area (Å²) in [5.41, 5.74) is -0.350. The van der Waals surface area contributed by atoms with E-state index in [4.69, 9.17) is 5.11 Å². The summed E-state index contributed by atoms with van der Waals surface area (Å²) < 4.78 is 48.2. The summed E-state index contributed by atoms with van der Waals surface area (Å²) in [5, 5.41) is 7.98. The van der Waals surface area contributed by atoms with Gasteiger partial charge in [0.1, 0.15) is 0 Å². The van der Waals surface area contributed by atoms with Crippen molar-refractivity contribution in [2.24, 2.45) is 0 Å². The van der Waals surface area contributed by atoms with E-state index in [0.717, 1.165) is 0 Å². The molecule has 20 heavy (non-hydrogen) atoms. The highest BCUT2D eigenvalue weighted by atomic mass is 79.9. The molecule has 6 nitrogen and oxygen atoms in total. The fourth-order valence-electron chi connectivity index (χ4n) is 2.09. The normalized spacial score (nSPS) is 21.8. The molecule has 1 saturated heterocycles. The number of carbonyl (C=O) groups is 1. The number of aromatic carboxylic acids is 1. The van der Waals surface area contributed by atoms with Gasteiger partial charge in [-0.3, -0.25) is 0 Å². The van der Waals surface area contributed by atoms with Crippen LogP contribution in [0.4, 0.5) is 0 Å². The molecule has 110 valence electrons. The molecular formula is C11H11BrO6S2. The summed E-state index contributed by atoms with van der Waals surface area (Å²) >= 11 is 3.09. The maximum atomic E-state index is 12.5. The first-order valence-corrected chi connectivity index (χ1v) is 9.77. The van der Waals surface area contributed by atoms with Crippen LogP contribution < -0.4 is 0 Å². The molecule has 1 aromatic rings. The molecule has 9 heteroatoms. The van der Waals surface area contributed by atoms with Crippen LogP contribution in [0.2, 0.25) is 0 Å². The van der Waals surface area contributed by atoms with E-state index in [-0.39, 0.29) is 22.6 Å². The van der Waals surface area contributed by atoms with Crippen LogP contribution in [0, 0.1) is 0 Å². The summed E-state index contributed by atoms with van der Waals surface area (Å²) in [5.74, 6) is -2.01. The van der Waals surface area contributed by atoms with Gasteiger partial charge in [-0.15, -0.1) is 0 Å². The second kappa shape index (κ2) is 5.12. The van der Waals surface area contributed by atoms with Gasteiger partial charge in [0.25, 0.3) is 0 Å². The van der Waals surface area contributed by atoms with Crippen molar-refractivity contribution < 1.29 is 26.7 Å². The Kier molecular flexibility index (Phi) is 3.96. The minimum absolute atomic E-state index is 0.00373. The Hall–Kier alpha value is -0.930. The van der Waals surface area contributed by atoms with Crippen LogP contribution >= 0.6 is 15.9 Å². The van der Waals surface area contributed by atoms with E-state index >= 15 is 0 Å². The number of hydrogen-bond acceptors (Lipinski definition) is 5. The molecule has 0 radical (unpaired) electrons. The van der Waals surface area contributed by atoms with E-state index in [9.17, 15) is 21.6 Å². The minimum Gasteiger partial charge on any atom is -0.478 e. The van der Waals surface area contributed by atoms with Crippen molar-refractivity contribution >= 4 is 41.6 Å². The Morgan fingerprint density at radius 2 is 2.00 bits per heavy atom. The summed E-state index contributed by atoms with van der Waals surface area (Å²) in [6.07, 6.45) is -0.00373. The van der Waals surface area contributed by atoms with E-state index in [2.05, 4.69) is 15.9 Å². The van der Waals surface area contributed by atoms with Crippen molar-refractivity contribution in [3.63, 3.8) is 0 Å². The molecule has 0 saturated carbocycles. The van der Waals surface area contributed by atoms with Gasteiger partial charge in [0, 0.05) is 4.47 Å². The van der Waals surface area contributed by atoms with Crippen LogP contribution in [0.25, 0.3) is 0 Å². The van der Waals surface area contributed by atoms with Crippen LogP contribution in [-0.4, -0.2) is 44.7 Å². The third-order valence-corrected chi connectivity index (χ3v) is 7.81. The molecule has 1 N–H and O–H groups in total. The number of sulfone groups is 2. The van der Waals surface area contributed by atoms with Crippen LogP contribution in [0.1, 0.15) is 16.8 Å². The Bertz CT molecular complexity index is 766. The third kappa shape index (κ3) is 2.89. The van der Waals surface area contributed by atoms with E-state index in [1.54, 1.807) is 0 Å². The van der Waals surface area contributed by atoms with Gasteiger partial charge in [-0.25, -0.2) is 21.6 Å². The lowest BCUT2D eigenvalue weighted by molar-refractivity contribution is 0.0692. The van der Waals surface area contributed by atoms with Crippen LogP contribution in [0.15, 0.2) is 27.6 Å². The Labute approximate surface area is 124 Å². The van der Waals surface area contributed by atoms with Gasteiger partial charge in [-0.1, -0.05) is 15.9 Å². The van der Waals surface area contributed by atoms with Gasteiger partial charge in [-0.05, 0) is 24.6 Å². The zero-order valence-electron chi connectivity index (χ0n) is 10.1. The van der Waals surface area contributed by atoms with Crippen molar-refractivity contribution in [2.45, 2.75) is 16.6 Å². The molecule has 0 amide bonds. The average Bonchev–Trinajstić information content (AvgIpc) is 2.70. The molecule has 1 aromatic carbocycles. The highest BCUT2D eigenvalue weighted by molar-refractivity contribution is 9.10. The second-order valence-electron chi connectivity index (χ2n) is 4.52. The molecule has 1 atom stereocenters. The molecule has 1 aliphatic heterocycles. The smallest absolute Gasteiger partial charge is 0.337 e. The molecule has 1 unspecified atom stereocenters. The minimum atomic E-state index is -4.00. The SMILES string of the molecule is O=C(O)c1ccc(Br)cc1S(=O)(=O)C1CCS(=O)(=O)C1. The number of rotatable bonds is 3. The Morgan fingerprint density at radius 3 is 2.50 bits per heavy atom. The van der Waals surface area contributed by atoms with Gasteiger partial charge in [-0.2, -0.15) is 0 Å². The van der Waals surface area contributed by atoms with Crippen LogP contribution in [0.3, 0.4) is 0 Å². The first kappa shape index (κ1) is 15.5. The van der Waals surface area contributed by atoms with E-state index < -0.39 is 36.6 Å². The maximum absolute atomic E-state index is 12.5. The molecule has 1 aliphatic rings. The quantitative estimate of drug-likeness (QED) is 0.838. The van der Waals surface area contributed by atoms with Crippen molar-refractivity contribution in [1.82, 2.24) is 0 Å². The molecule has 0 bridgehead atoms. The summed E-state index contributed by atoms with van der Waals surface area (Å²) in [7, 11) is -7.37. The van der Waals surface area contributed by atoms with Gasteiger partial charge in [0.15, 0.2) is 19.7 Å². The fraction of sp³-hybridized carbons (Fsp3) is 0.364. The van der Waals surface area contributed by atoms with Crippen LogP contribution in [-0.2, 0) is 19.7 Å². The summed E-state index contributed by atoms with van der Waals surface area (Å²) in [6.45, 7) is 0. The first-order chi connectivity index (χ1) is 9.13. The van der Waals surface area contributed by atoms with Crippen molar-refractivity contribution in [3.8, 4) is 0 Å². The third-order valence-electron chi connectivity index (χ3n) is 3.11.